The van der Waals surface area contributed by atoms with Gasteiger partial charge < -0.3 is 15.5 Å². The molecule has 0 unspecified atom stereocenters. The minimum atomic E-state index is -0.321. The number of anilines is 2. The van der Waals surface area contributed by atoms with E-state index in [0.717, 1.165) is 11.3 Å². The van der Waals surface area contributed by atoms with Crippen molar-refractivity contribution in [3.8, 4) is 12.3 Å². The van der Waals surface area contributed by atoms with Crippen LogP contribution < -0.4 is 10.6 Å². The lowest BCUT2D eigenvalue weighted by Gasteiger charge is -2.18. The molecule has 25 heavy (non-hydrogen) atoms. The van der Waals surface area contributed by atoms with Gasteiger partial charge in [-0.3, -0.25) is 9.59 Å². The van der Waals surface area contributed by atoms with E-state index in [1.165, 1.54) is 4.90 Å². The maximum absolute atomic E-state index is 12.1. The molecule has 5 nitrogen and oxygen atoms in total. The van der Waals surface area contributed by atoms with Crippen molar-refractivity contribution in [2.75, 3.05) is 30.8 Å². The fourth-order valence-electron chi connectivity index (χ4n) is 2.09. The van der Waals surface area contributed by atoms with Gasteiger partial charge in [-0.25, -0.2) is 0 Å². The second-order valence-electron chi connectivity index (χ2n) is 5.36. The van der Waals surface area contributed by atoms with Crippen LogP contribution in [0.3, 0.4) is 0 Å². The Hall–Kier alpha value is -2.97. The van der Waals surface area contributed by atoms with Crippen LogP contribution in [0.5, 0.6) is 0 Å². The van der Waals surface area contributed by atoms with Gasteiger partial charge in [-0.15, -0.1) is 6.42 Å². The molecule has 2 rings (SSSR count). The van der Waals surface area contributed by atoms with E-state index < -0.39 is 0 Å². The van der Waals surface area contributed by atoms with Crippen LogP contribution in [0.4, 0.5) is 11.4 Å². The van der Waals surface area contributed by atoms with Gasteiger partial charge >= 0.3 is 0 Å². The number of nitrogens with one attached hydrogen (secondary N) is 2. The number of para-hydroxylation sites is 1. The first-order chi connectivity index (χ1) is 12.0. The Balaban J connectivity index is 1.84. The lowest BCUT2D eigenvalue weighted by atomic mass is 10.2. The highest BCUT2D eigenvalue weighted by Gasteiger charge is 2.13. The van der Waals surface area contributed by atoms with E-state index in [-0.39, 0.29) is 24.9 Å². The highest BCUT2D eigenvalue weighted by atomic mass is 35.5. The van der Waals surface area contributed by atoms with Gasteiger partial charge in [-0.2, -0.15) is 0 Å². The SMILES string of the molecule is C#Cc1cccc(NCC(=O)N(C)CC(=O)Nc2ccccc2Cl)c1. The number of nitrogens with zero attached hydrogens (tertiary/aromatic N) is 1. The van der Waals surface area contributed by atoms with E-state index in [9.17, 15) is 9.59 Å². The summed E-state index contributed by atoms with van der Waals surface area (Å²) < 4.78 is 0. The summed E-state index contributed by atoms with van der Waals surface area (Å²) in [4.78, 5) is 25.5. The molecule has 0 heterocycles. The molecule has 0 aliphatic heterocycles. The number of terminal acetylenes is 1. The van der Waals surface area contributed by atoms with Gasteiger partial charge in [0.1, 0.15) is 0 Å². The average molecular weight is 356 g/mol. The molecule has 0 saturated heterocycles. The third-order valence-electron chi connectivity index (χ3n) is 3.43. The number of rotatable bonds is 6. The standard InChI is InChI=1S/C19H18ClN3O2/c1-3-14-7-6-8-15(11-14)21-12-19(25)23(2)13-18(24)22-17-10-5-4-9-16(17)20/h1,4-11,21H,12-13H2,2H3,(H,22,24). The van der Waals surface area contributed by atoms with Crippen molar-refractivity contribution >= 4 is 34.8 Å². The lowest BCUT2D eigenvalue weighted by Crippen LogP contribution is -2.38. The smallest absolute Gasteiger partial charge is 0.244 e. The predicted octanol–water partition coefficient (Wildman–Crippen LogP) is 2.83. The summed E-state index contributed by atoms with van der Waals surface area (Å²) in [5, 5.41) is 6.11. The fraction of sp³-hybridized carbons (Fsp3) is 0.158. The summed E-state index contributed by atoms with van der Waals surface area (Å²) in [7, 11) is 1.56. The number of halogens is 1. The number of hydrogen-bond donors (Lipinski definition) is 2. The molecule has 2 amide bonds. The number of carbonyl (C=O) groups excluding carboxylic acids is 2. The van der Waals surface area contributed by atoms with Crippen LogP contribution >= 0.6 is 11.6 Å². The third-order valence-corrected chi connectivity index (χ3v) is 3.76. The van der Waals surface area contributed by atoms with Gasteiger partial charge in [0.05, 0.1) is 23.8 Å². The molecule has 0 aliphatic rings. The summed E-state index contributed by atoms with van der Waals surface area (Å²) in [6.07, 6.45) is 5.34. The second kappa shape index (κ2) is 8.76. The molecule has 6 heteroatoms. The largest absolute Gasteiger partial charge is 0.376 e. The quantitative estimate of drug-likeness (QED) is 0.783. The van der Waals surface area contributed by atoms with Gasteiger partial charge in [0.2, 0.25) is 11.8 Å². The van der Waals surface area contributed by atoms with Gasteiger partial charge in [-0.05, 0) is 30.3 Å². The summed E-state index contributed by atoms with van der Waals surface area (Å²) >= 11 is 5.99. The van der Waals surface area contributed by atoms with Crippen LogP contribution in [-0.2, 0) is 9.59 Å². The lowest BCUT2D eigenvalue weighted by molar-refractivity contribution is -0.131. The number of amides is 2. The number of carbonyl (C=O) groups is 2. The molecule has 128 valence electrons. The average Bonchev–Trinajstić information content (AvgIpc) is 2.61. The van der Waals surface area contributed by atoms with E-state index in [2.05, 4.69) is 16.6 Å². The fourth-order valence-corrected chi connectivity index (χ4v) is 2.27. The molecule has 2 N–H and O–H groups in total. The molecule has 0 aromatic heterocycles. The van der Waals surface area contributed by atoms with Crippen molar-refractivity contribution in [1.82, 2.24) is 4.90 Å². The van der Waals surface area contributed by atoms with E-state index in [4.69, 9.17) is 18.0 Å². The Labute approximate surface area is 152 Å². The zero-order valence-electron chi connectivity index (χ0n) is 13.8. The topological polar surface area (TPSA) is 61.4 Å². The molecular weight excluding hydrogens is 338 g/mol. The van der Waals surface area contributed by atoms with Crippen LogP contribution in [0.2, 0.25) is 5.02 Å². The van der Waals surface area contributed by atoms with Gasteiger partial charge in [0.25, 0.3) is 0 Å². The van der Waals surface area contributed by atoms with Crippen LogP contribution in [0.25, 0.3) is 0 Å². The van der Waals surface area contributed by atoms with E-state index in [0.29, 0.717) is 10.7 Å². The molecule has 0 bridgehead atoms. The first kappa shape index (κ1) is 18.4. The highest BCUT2D eigenvalue weighted by Crippen LogP contribution is 2.20. The molecule has 2 aromatic carbocycles. The zero-order chi connectivity index (χ0) is 18.2. The van der Waals surface area contributed by atoms with Gasteiger partial charge in [-0.1, -0.05) is 35.7 Å². The molecule has 2 aromatic rings. The highest BCUT2D eigenvalue weighted by molar-refractivity contribution is 6.33. The molecule has 0 atom stereocenters. The third kappa shape index (κ3) is 5.55. The summed E-state index contributed by atoms with van der Waals surface area (Å²) in [6, 6.07) is 14.1. The molecular formula is C19H18ClN3O2. The van der Waals surface area contributed by atoms with Crippen LogP contribution in [-0.4, -0.2) is 36.9 Å². The van der Waals surface area contributed by atoms with Gasteiger partial charge in [0, 0.05) is 18.3 Å². The summed E-state index contributed by atoms with van der Waals surface area (Å²) in [5.74, 6) is 1.99. The first-order valence-corrected chi connectivity index (χ1v) is 7.96. The van der Waals surface area contributed by atoms with E-state index in [1.54, 1.807) is 43.4 Å². The number of benzene rings is 2. The van der Waals surface area contributed by atoms with Crippen LogP contribution in [0.1, 0.15) is 5.56 Å². The molecule has 0 aliphatic carbocycles. The van der Waals surface area contributed by atoms with Gasteiger partial charge in [0.15, 0.2) is 0 Å². The minimum Gasteiger partial charge on any atom is -0.376 e. The Morgan fingerprint density at radius 1 is 1.20 bits per heavy atom. The second-order valence-corrected chi connectivity index (χ2v) is 5.76. The normalized spacial score (nSPS) is 9.80. The molecule has 0 radical (unpaired) electrons. The van der Waals surface area contributed by atoms with Crippen LogP contribution in [0, 0.1) is 12.3 Å². The van der Waals surface area contributed by atoms with Crippen LogP contribution in [0.15, 0.2) is 48.5 Å². The summed E-state index contributed by atoms with van der Waals surface area (Å²) in [5.41, 5.74) is 1.99. The predicted molar refractivity (Wildman–Crippen MR) is 101 cm³/mol. The Bertz CT molecular complexity index is 814. The van der Waals surface area contributed by atoms with Crippen molar-refractivity contribution in [2.45, 2.75) is 0 Å². The van der Waals surface area contributed by atoms with E-state index >= 15 is 0 Å². The Morgan fingerprint density at radius 3 is 2.68 bits per heavy atom. The molecule has 0 saturated carbocycles. The number of likely N-dealkylation sites (N-methyl/N-ethyl adjacent to an activating group) is 1. The summed E-state index contributed by atoms with van der Waals surface area (Å²) in [6.45, 7) is -0.0139. The molecule has 0 fully saturated rings. The Morgan fingerprint density at radius 2 is 1.96 bits per heavy atom. The first-order valence-electron chi connectivity index (χ1n) is 7.58. The monoisotopic (exact) mass is 355 g/mol. The zero-order valence-corrected chi connectivity index (χ0v) is 14.5. The van der Waals surface area contributed by atoms with Crippen molar-refractivity contribution in [1.29, 1.82) is 0 Å². The minimum absolute atomic E-state index is 0.0594. The molecule has 0 spiro atoms. The van der Waals surface area contributed by atoms with Crippen molar-refractivity contribution in [3.05, 3.63) is 59.1 Å². The maximum Gasteiger partial charge on any atom is 0.244 e. The maximum atomic E-state index is 12.1. The number of hydrogen-bond acceptors (Lipinski definition) is 3. The van der Waals surface area contributed by atoms with E-state index in [1.807, 2.05) is 12.1 Å². The van der Waals surface area contributed by atoms with Crippen molar-refractivity contribution in [2.24, 2.45) is 0 Å². The van der Waals surface area contributed by atoms with Crippen molar-refractivity contribution in [3.63, 3.8) is 0 Å². The Kier molecular flexibility index (Phi) is 6.44. The van der Waals surface area contributed by atoms with Crippen molar-refractivity contribution < 1.29 is 9.59 Å².